The fourth-order valence-electron chi connectivity index (χ4n) is 5.72. The van der Waals surface area contributed by atoms with Gasteiger partial charge in [-0.2, -0.15) is 0 Å². The van der Waals surface area contributed by atoms with Crippen LogP contribution in [0.5, 0.6) is 0 Å². The van der Waals surface area contributed by atoms with E-state index in [1.165, 1.54) is 0 Å². The van der Waals surface area contributed by atoms with Crippen LogP contribution in [0.25, 0.3) is 0 Å². The maximum atomic E-state index is 14.5. The Kier molecular flexibility index (Phi) is 15.7. The monoisotopic (exact) mass is 642 g/mol. The van der Waals surface area contributed by atoms with E-state index in [1.807, 2.05) is 70.5 Å². The van der Waals surface area contributed by atoms with Crippen LogP contribution < -0.4 is 21.3 Å². The maximum Gasteiger partial charge on any atom is 0.320 e. The van der Waals surface area contributed by atoms with E-state index < -0.39 is 24.3 Å². The fraction of sp³-hybridized carbons (Fsp3) is 0.545. The van der Waals surface area contributed by atoms with Gasteiger partial charge in [0, 0.05) is 40.3 Å². The summed E-state index contributed by atoms with van der Waals surface area (Å²) < 4.78 is 0. The number of nitrogens with one attached hydrogen (secondary N) is 4. The molecule has 242 valence electrons. The zero-order valence-corrected chi connectivity index (χ0v) is 27.7. The van der Waals surface area contributed by atoms with Crippen molar-refractivity contribution in [3.8, 4) is 0 Å². The number of amides is 2. The number of benzene rings is 2. The van der Waals surface area contributed by atoms with Crippen molar-refractivity contribution in [3.05, 3.63) is 71.8 Å². The smallest absolute Gasteiger partial charge is 0.320 e. The number of aliphatic hydroxyl groups excluding tert-OH is 2. The van der Waals surface area contributed by atoms with Gasteiger partial charge in [0.05, 0.1) is 12.1 Å². The molecule has 0 saturated carbocycles. The van der Waals surface area contributed by atoms with Crippen molar-refractivity contribution < 1.29 is 15.0 Å². The molecule has 2 aromatic carbocycles. The number of hydrogen-bond donors (Lipinski definition) is 6. The van der Waals surface area contributed by atoms with Crippen LogP contribution in [-0.2, 0) is 12.8 Å². The van der Waals surface area contributed by atoms with Gasteiger partial charge in [0.25, 0.3) is 0 Å². The van der Waals surface area contributed by atoms with E-state index >= 15 is 0 Å². The summed E-state index contributed by atoms with van der Waals surface area (Å²) >= 11 is 10.3. The zero-order valence-electron chi connectivity index (χ0n) is 26.1. The third-order valence-electron chi connectivity index (χ3n) is 8.18. The lowest BCUT2D eigenvalue weighted by Gasteiger charge is -2.36. The second kappa shape index (κ2) is 19.4. The lowest BCUT2D eigenvalue weighted by Crippen LogP contribution is -2.51. The zero-order chi connectivity index (χ0) is 31.7. The molecular formula is C33H50N6O3S2. The predicted molar refractivity (Wildman–Crippen MR) is 186 cm³/mol. The summed E-state index contributed by atoms with van der Waals surface area (Å²) in [5, 5.41) is 36.9. The Bertz CT molecular complexity index is 1060. The minimum absolute atomic E-state index is 0.119. The second-order valence-electron chi connectivity index (χ2n) is 11.3. The number of hydrogen-bond acceptors (Lipinski definition) is 5. The Morgan fingerprint density at radius 3 is 1.41 bits per heavy atom. The number of rotatable bonds is 16. The topological polar surface area (TPSA) is 112 Å². The lowest BCUT2D eigenvalue weighted by molar-refractivity contribution is -0.0396. The van der Waals surface area contributed by atoms with Gasteiger partial charge in [-0.05, 0) is 86.9 Å². The van der Waals surface area contributed by atoms with Crippen LogP contribution in [0.1, 0.15) is 49.7 Å². The number of unbranched alkanes of at least 4 members (excludes halogenated alkanes) is 4. The lowest BCUT2D eigenvalue weighted by atomic mass is 9.91. The van der Waals surface area contributed by atoms with Crippen molar-refractivity contribution in [2.45, 2.75) is 75.7 Å². The van der Waals surface area contributed by atoms with Crippen molar-refractivity contribution >= 4 is 40.7 Å². The Morgan fingerprint density at radius 1 is 0.659 bits per heavy atom. The molecule has 0 unspecified atom stereocenters. The van der Waals surface area contributed by atoms with Crippen molar-refractivity contribution in [1.82, 2.24) is 31.1 Å². The standard InChI is InChI=1S/C33H50N6O3S2/c1-34-31(43)36-19-11-5-13-21-38-27(23-25-15-7-3-8-16-25)29(40)30(41)28(24-26-17-9-4-10-18-26)39(33(38)42)22-14-6-12-20-37-32(44)35-2/h3-4,7-10,15-18,27-30,40-41H,5-6,11-14,19-24H2,1-2H3,(H2,34,36,43)(H2,35,37,44)/t27-,28-,29+,30+/m1/s1. The summed E-state index contributed by atoms with van der Waals surface area (Å²) in [5.74, 6) is 0. The van der Waals surface area contributed by atoms with E-state index in [-0.39, 0.29) is 6.03 Å². The highest BCUT2D eigenvalue weighted by Gasteiger charge is 2.45. The number of carbonyl (C=O) groups is 1. The first kappa shape index (κ1) is 35.5. The molecule has 0 aliphatic carbocycles. The van der Waals surface area contributed by atoms with Gasteiger partial charge in [0.15, 0.2) is 10.2 Å². The number of aliphatic hydroxyl groups is 2. The van der Waals surface area contributed by atoms with Crippen molar-refractivity contribution in [2.75, 3.05) is 40.3 Å². The molecule has 0 aromatic heterocycles. The Morgan fingerprint density at radius 2 is 1.05 bits per heavy atom. The maximum absolute atomic E-state index is 14.5. The van der Waals surface area contributed by atoms with Gasteiger partial charge in [-0.1, -0.05) is 60.7 Å². The highest BCUT2D eigenvalue weighted by atomic mass is 32.1. The molecule has 44 heavy (non-hydrogen) atoms. The minimum atomic E-state index is -1.10. The molecule has 2 aromatic rings. The van der Waals surface area contributed by atoms with E-state index in [9.17, 15) is 15.0 Å². The SMILES string of the molecule is CNC(=S)NCCCCCN1C(=O)N(CCCCCNC(=S)NC)[C@H](Cc2ccccc2)[C@H](O)[C@@H](O)[C@H]1Cc1ccccc1. The summed E-state index contributed by atoms with van der Waals surface area (Å²) in [6.07, 6.45) is 3.90. The first-order chi connectivity index (χ1) is 21.3. The average Bonchev–Trinajstić information content (AvgIpc) is 3.11. The number of thiocarbonyl (C=S) groups is 2. The van der Waals surface area contributed by atoms with Gasteiger partial charge in [-0.3, -0.25) is 0 Å². The molecule has 6 N–H and O–H groups in total. The minimum Gasteiger partial charge on any atom is -0.388 e. The molecule has 3 rings (SSSR count). The summed E-state index contributed by atoms with van der Waals surface area (Å²) in [5.41, 5.74) is 2.04. The summed E-state index contributed by atoms with van der Waals surface area (Å²) in [6.45, 7) is 2.50. The van der Waals surface area contributed by atoms with Gasteiger partial charge in [0.1, 0.15) is 12.2 Å². The van der Waals surface area contributed by atoms with Crippen LogP contribution in [0.15, 0.2) is 60.7 Å². The van der Waals surface area contributed by atoms with Gasteiger partial charge in [-0.25, -0.2) is 4.79 Å². The normalized spacial score (nSPS) is 20.1. The van der Waals surface area contributed by atoms with Crippen LogP contribution in [0.3, 0.4) is 0 Å². The summed E-state index contributed by atoms with van der Waals surface area (Å²) in [6, 6.07) is 18.6. The van der Waals surface area contributed by atoms with Crippen LogP contribution in [-0.4, -0.2) is 101 Å². The van der Waals surface area contributed by atoms with E-state index in [2.05, 4.69) is 21.3 Å². The molecule has 1 heterocycles. The Hall–Kier alpha value is -2.99. The van der Waals surface area contributed by atoms with Crippen molar-refractivity contribution in [2.24, 2.45) is 0 Å². The molecule has 1 fully saturated rings. The highest BCUT2D eigenvalue weighted by molar-refractivity contribution is 7.80. The fourth-order valence-corrected chi connectivity index (χ4v) is 5.92. The highest BCUT2D eigenvalue weighted by Crippen LogP contribution is 2.28. The van der Waals surface area contributed by atoms with Gasteiger partial charge >= 0.3 is 6.03 Å². The van der Waals surface area contributed by atoms with Crippen molar-refractivity contribution in [1.29, 1.82) is 0 Å². The molecule has 1 aliphatic rings. The summed E-state index contributed by atoms with van der Waals surface area (Å²) in [4.78, 5) is 18.1. The van der Waals surface area contributed by atoms with Gasteiger partial charge in [0.2, 0.25) is 0 Å². The molecule has 11 heteroatoms. The largest absolute Gasteiger partial charge is 0.388 e. The van der Waals surface area contributed by atoms with Gasteiger partial charge < -0.3 is 41.3 Å². The molecule has 2 amide bonds. The molecule has 0 radical (unpaired) electrons. The molecule has 1 saturated heterocycles. The van der Waals surface area contributed by atoms with E-state index in [0.717, 1.165) is 62.7 Å². The molecule has 0 spiro atoms. The quantitative estimate of drug-likeness (QED) is 0.122. The number of urea groups is 1. The molecule has 4 atom stereocenters. The second-order valence-corrected chi connectivity index (χ2v) is 12.1. The molecule has 1 aliphatic heterocycles. The van der Waals surface area contributed by atoms with Crippen LogP contribution >= 0.6 is 24.4 Å². The molecule has 0 bridgehead atoms. The Balaban J connectivity index is 1.81. The third kappa shape index (κ3) is 11.2. The van der Waals surface area contributed by atoms with E-state index in [1.54, 1.807) is 14.1 Å². The van der Waals surface area contributed by atoms with Crippen molar-refractivity contribution in [3.63, 3.8) is 0 Å². The predicted octanol–water partition coefficient (Wildman–Crippen LogP) is 3.20. The molecular weight excluding hydrogens is 593 g/mol. The van der Waals surface area contributed by atoms with E-state index in [0.29, 0.717) is 36.2 Å². The first-order valence-corrected chi connectivity index (χ1v) is 16.6. The summed E-state index contributed by atoms with van der Waals surface area (Å²) in [7, 11) is 3.58. The van der Waals surface area contributed by atoms with Gasteiger partial charge in [-0.15, -0.1) is 0 Å². The van der Waals surface area contributed by atoms with Crippen LogP contribution in [0, 0.1) is 0 Å². The first-order valence-electron chi connectivity index (χ1n) is 15.8. The van der Waals surface area contributed by atoms with E-state index in [4.69, 9.17) is 24.4 Å². The number of carbonyl (C=O) groups excluding carboxylic acids is 1. The average molecular weight is 643 g/mol. The third-order valence-corrected chi connectivity index (χ3v) is 8.88. The Labute approximate surface area is 273 Å². The van der Waals surface area contributed by atoms with Crippen LogP contribution in [0.2, 0.25) is 0 Å². The molecule has 9 nitrogen and oxygen atoms in total. The number of nitrogens with zero attached hydrogens (tertiary/aromatic N) is 2. The van der Waals surface area contributed by atoms with Crippen LogP contribution in [0.4, 0.5) is 4.79 Å².